The molecule has 7 rings (SSSR count). The van der Waals surface area contributed by atoms with Gasteiger partial charge in [-0.15, -0.1) is 33.8 Å². The summed E-state index contributed by atoms with van der Waals surface area (Å²) in [5.41, 5.74) is 7.39. The second kappa shape index (κ2) is 11.9. The van der Waals surface area contributed by atoms with Crippen LogP contribution in [0.25, 0.3) is 66.0 Å². The summed E-state index contributed by atoms with van der Waals surface area (Å²) in [4.78, 5) is 3.50. The first kappa shape index (κ1) is 31.1. The van der Waals surface area contributed by atoms with E-state index in [9.17, 15) is 0 Å². The molecule has 7 aromatic rings. The summed E-state index contributed by atoms with van der Waals surface area (Å²) in [6, 6.07) is 29.0. The Labute approximate surface area is 285 Å². The van der Waals surface area contributed by atoms with E-state index in [0.717, 1.165) is 49.4 Å². The number of hydrogen-bond donors (Lipinski definition) is 1. The van der Waals surface area contributed by atoms with Crippen LogP contribution in [0.4, 0.5) is 0 Å². The number of nitrogens with one attached hydrogen (secondary N) is 1. The van der Waals surface area contributed by atoms with E-state index in [-0.39, 0.29) is 49.4 Å². The molecule has 47 heavy (non-hydrogen) atoms. The summed E-state index contributed by atoms with van der Waals surface area (Å²) >= 11 is 0. The summed E-state index contributed by atoms with van der Waals surface area (Å²) in [6.07, 6.45) is 0. The van der Waals surface area contributed by atoms with Crippen LogP contribution in [0.3, 0.4) is 0 Å². The van der Waals surface area contributed by atoms with Gasteiger partial charge in [0.25, 0.3) is 0 Å². The first-order valence-corrected chi connectivity index (χ1v) is 14.8. The van der Waals surface area contributed by atoms with Crippen LogP contribution in [0.15, 0.2) is 108 Å². The van der Waals surface area contributed by atoms with Gasteiger partial charge in [-0.2, -0.15) is 0 Å². The molecule has 18 radical (unpaired) electrons. The van der Waals surface area contributed by atoms with Crippen LogP contribution >= 0.6 is 0 Å². The fourth-order valence-electron chi connectivity index (χ4n) is 6.49. The Balaban J connectivity index is 1.47. The summed E-state index contributed by atoms with van der Waals surface area (Å²) < 4.78 is 1.97. The zero-order valence-electron chi connectivity index (χ0n) is 25.4. The number of allylic oxidation sites excluding steroid dienone is 4. The van der Waals surface area contributed by atoms with Gasteiger partial charge in [0.15, 0.2) is 0 Å². The number of fused-ring (bicyclic) bond motifs is 6. The lowest BCUT2D eigenvalue weighted by molar-refractivity contribution is 1.23. The average molecular weight is 575 g/mol. The van der Waals surface area contributed by atoms with Gasteiger partial charge in [0.05, 0.1) is 11.0 Å². The predicted octanol–water partition coefficient (Wildman–Crippen LogP) is 1.79. The highest BCUT2D eigenvalue weighted by Gasteiger charge is 2.21. The van der Waals surface area contributed by atoms with Gasteiger partial charge in [0.1, 0.15) is 70.6 Å². The van der Waals surface area contributed by atoms with Gasteiger partial charge in [-0.1, -0.05) is 64.9 Å². The van der Waals surface area contributed by atoms with Gasteiger partial charge in [-0.3, -0.25) is 0 Å². The minimum Gasteiger partial charge on any atom is -0.355 e. The fraction of sp³-hybridized carbons (Fsp3) is 0. The highest BCUT2D eigenvalue weighted by Crippen LogP contribution is 2.38. The monoisotopic (exact) mass is 576 g/mol. The minimum atomic E-state index is 0.0512. The molecule has 5 aromatic carbocycles. The van der Waals surface area contributed by atoms with E-state index in [1.54, 1.807) is 0 Å². The Kier molecular flexibility index (Phi) is 7.91. The number of aromatic nitrogens is 2. The van der Waals surface area contributed by atoms with Gasteiger partial charge < -0.3 is 9.55 Å². The molecule has 11 heteroatoms. The molecule has 0 aliphatic heterocycles. The molecule has 2 aromatic heterocycles. The van der Waals surface area contributed by atoms with E-state index >= 15 is 0 Å². The topological polar surface area (TPSA) is 20.7 Å². The maximum absolute atomic E-state index is 6.95. The summed E-state index contributed by atoms with van der Waals surface area (Å²) in [7, 11) is 57.0. The van der Waals surface area contributed by atoms with E-state index in [1.165, 1.54) is 17.3 Å². The molecule has 0 atom stereocenters. The van der Waals surface area contributed by atoms with Crippen molar-refractivity contribution in [2.45, 2.75) is 0 Å². The van der Waals surface area contributed by atoms with Crippen molar-refractivity contribution in [3.05, 3.63) is 113 Å². The maximum Gasteiger partial charge on any atom is 0.117 e. The largest absolute Gasteiger partial charge is 0.355 e. The Hall–Kier alpha value is -4.50. The molecule has 2 heterocycles. The number of hydrogen-bond acceptors (Lipinski definition) is 0. The number of benzene rings is 5. The molecule has 2 nitrogen and oxygen atoms in total. The van der Waals surface area contributed by atoms with Crippen LogP contribution in [0.5, 0.6) is 0 Å². The van der Waals surface area contributed by atoms with E-state index in [0.29, 0.717) is 5.70 Å². The van der Waals surface area contributed by atoms with Crippen LogP contribution in [0, 0.1) is 0 Å². The lowest BCUT2D eigenvalue weighted by Gasteiger charge is -2.27. The van der Waals surface area contributed by atoms with Crippen LogP contribution in [-0.2, 0) is 0 Å². The zero-order valence-corrected chi connectivity index (χ0v) is 25.4. The molecule has 1 N–H and O–H groups in total. The number of aromatic amines is 1. The summed E-state index contributed by atoms with van der Waals surface area (Å²) in [5.74, 6) is 2.60. The van der Waals surface area contributed by atoms with Crippen molar-refractivity contribution in [3.63, 3.8) is 0 Å². The molecule has 0 bridgehead atoms. The second-order valence-corrected chi connectivity index (χ2v) is 11.4. The standard InChI is InChI=1S/C36H17B9N2/c37-15-23(39)29(30-32(41)34(43)36(45)35(44)33(30)42)31(40)28(16-38)47-26-8-4-2-6-20(26)22-14-18(10-12-27(22)47)17-9-11-25-21(13-17)19-5-1-3-7-24(19)46-25/h1-16,46H/b23-15-,28-16-,31-29-. The van der Waals surface area contributed by atoms with Crippen LogP contribution < -0.4 is 27.3 Å². The third kappa shape index (κ3) is 4.85. The van der Waals surface area contributed by atoms with Crippen LogP contribution in [-0.4, -0.2) is 80.2 Å². The lowest BCUT2D eigenvalue weighted by Crippen LogP contribution is -2.56. The Morgan fingerprint density at radius 3 is 1.79 bits per heavy atom. The van der Waals surface area contributed by atoms with Crippen LogP contribution in [0.1, 0.15) is 5.56 Å². The fourth-order valence-corrected chi connectivity index (χ4v) is 6.49. The zero-order chi connectivity index (χ0) is 33.1. The van der Waals surface area contributed by atoms with Crippen molar-refractivity contribution in [2.24, 2.45) is 0 Å². The average Bonchev–Trinajstić information content (AvgIpc) is 3.63. The highest BCUT2D eigenvalue weighted by molar-refractivity contribution is 6.68. The van der Waals surface area contributed by atoms with Gasteiger partial charge in [-0.05, 0) is 58.7 Å². The summed E-state index contributed by atoms with van der Waals surface area (Å²) in [5, 5.41) is 4.32. The molecule has 0 aliphatic carbocycles. The van der Waals surface area contributed by atoms with E-state index < -0.39 is 0 Å². The Bertz CT molecular complexity index is 2490. The number of para-hydroxylation sites is 2. The SMILES string of the molecule is [B]/C=C(/C([B])=C(\C([B])=C\[B])c1c([B])c([B])c([B])c([B])c1[B])n1c2ccccc2c2cc(-c3ccc4[nH]c5ccccc5c4c3)ccc21. The van der Waals surface area contributed by atoms with E-state index in [2.05, 4.69) is 53.5 Å². The first-order chi connectivity index (χ1) is 22.7. The molecule has 0 fully saturated rings. The maximum atomic E-state index is 6.95. The molecule has 198 valence electrons. The minimum absolute atomic E-state index is 0.0512. The summed E-state index contributed by atoms with van der Waals surface area (Å²) in [6.45, 7) is 0. The van der Waals surface area contributed by atoms with E-state index in [1.807, 2.05) is 41.0 Å². The third-order valence-corrected chi connectivity index (χ3v) is 8.87. The molecule has 0 saturated heterocycles. The van der Waals surface area contributed by atoms with Crippen molar-refractivity contribution in [3.8, 4) is 11.1 Å². The van der Waals surface area contributed by atoms with Gasteiger partial charge in [-0.25, -0.2) is 0 Å². The van der Waals surface area contributed by atoms with Crippen molar-refractivity contribution in [2.75, 3.05) is 0 Å². The van der Waals surface area contributed by atoms with E-state index in [4.69, 9.17) is 70.6 Å². The van der Waals surface area contributed by atoms with Crippen molar-refractivity contribution in [1.29, 1.82) is 0 Å². The highest BCUT2D eigenvalue weighted by atomic mass is 15.0. The third-order valence-electron chi connectivity index (χ3n) is 8.87. The molecule has 0 unspecified atom stereocenters. The van der Waals surface area contributed by atoms with Crippen molar-refractivity contribution < 1.29 is 0 Å². The molecule has 0 aliphatic rings. The number of H-pyrrole nitrogens is 1. The molecule has 0 amide bonds. The van der Waals surface area contributed by atoms with Gasteiger partial charge >= 0.3 is 0 Å². The number of nitrogens with zero attached hydrogens (tertiary/aromatic N) is 1. The predicted molar refractivity (Wildman–Crippen MR) is 210 cm³/mol. The number of rotatable bonds is 5. The molecule has 0 saturated carbocycles. The van der Waals surface area contributed by atoms with Crippen LogP contribution in [0.2, 0.25) is 0 Å². The first-order valence-electron chi connectivity index (χ1n) is 14.8. The molecule has 0 spiro atoms. The van der Waals surface area contributed by atoms with Gasteiger partial charge in [0, 0.05) is 38.3 Å². The van der Waals surface area contributed by atoms with Crippen molar-refractivity contribution >= 4 is 153 Å². The molecular weight excluding hydrogens is 558 g/mol. The second-order valence-electron chi connectivity index (χ2n) is 11.4. The normalized spacial score (nSPS) is 13.2. The van der Waals surface area contributed by atoms with Gasteiger partial charge in [0.2, 0.25) is 0 Å². The smallest absolute Gasteiger partial charge is 0.117 e. The Morgan fingerprint density at radius 2 is 1.11 bits per heavy atom. The Morgan fingerprint density at radius 1 is 0.553 bits per heavy atom. The molecular formula is C36H17B9N2. The van der Waals surface area contributed by atoms with Crippen molar-refractivity contribution in [1.82, 2.24) is 9.55 Å². The quantitative estimate of drug-likeness (QED) is 0.239. The lowest BCUT2D eigenvalue weighted by atomic mass is 9.57.